The smallest absolute Gasteiger partial charge is 0.223 e. The number of hydrogen-bond acceptors (Lipinski definition) is 4. The highest BCUT2D eigenvalue weighted by atomic mass is 32.2. The SMILES string of the molecule is CCCS(=O)(=O)NCCN(C(C)=O)c1ccc(N2CCCCC2)cc1. The fraction of sp³-hybridized carbons (Fsp3) is 0.611. The highest BCUT2D eigenvalue weighted by Crippen LogP contribution is 2.23. The molecule has 1 fully saturated rings. The first-order valence-electron chi connectivity index (χ1n) is 9.03. The Morgan fingerprint density at radius 1 is 1.16 bits per heavy atom. The van der Waals surface area contributed by atoms with E-state index in [0.717, 1.165) is 18.8 Å². The topological polar surface area (TPSA) is 69.7 Å². The quantitative estimate of drug-likeness (QED) is 0.766. The molecule has 1 aliphatic heterocycles. The van der Waals surface area contributed by atoms with Crippen LogP contribution in [0.5, 0.6) is 0 Å². The van der Waals surface area contributed by atoms with Crippen LogP contribution in [0.3, 0.4) is 0 Å². The molecule has 0 radical (unpaired) electrons. The number of piperidine rings is 1. The molecular formula is C18H29N3O3S. The maximum atomic E-state index is 12.0. The lowest BCUT2D eigenvalue weighted by atomic mass is 10.1. The van der Waals surface area contributed by atoms with Crippen LogP contribution in [-0.4, -0.2) is 46.3 Å². The average Bonchev–Trinajstić information content (AvgIpc) is 2.59. The summed E-state index contributed by atoms with van der Waals surface area (Å²) in [6.07, 6.45) is 4.31. The summed E-state index contributed by atoms with van der Waals surface area (Å²) < 4.78 is 26.0. The molecule has 0 atom stereocenters. The molecule has 0 spiro atoms. The Kier molecular flexibility index (Phi) is 7.25. The molecule has 25 heavy (non-hydrogen) atoms. The Hall–Kier alpha value is -1.60. The number of rotatable bonds is 8. The van der Waals surface area contributed by atoms with E-state index in [0.29, 0.717) is 13.0 Å². The van der Waals surface area contributed by atoms with Gasteiger partial charge in [-0.25, -0.2) is 13.1 Å². The molecule has 140 valence electrons. The van der Waals surface area contributed by atoms with Gasteiger partial charge in [0.1, 0.15) is 0 Å². The number of hydrogen-bond donors (Lipinski definition) is 1. The molecule has 2 rings (SSSR count). The third-order valence-electron chi connectivity index (χ3n) is 4.39. The molecule has 0 aromatic heterocycles. The van der Waals surface area contributed by atoms with E-state index in [2.05, 4.69) is 9.62 Å². The minimum atomic E-state index is -3.25. The van der Waals surface area contributed by atoms with Crippen LogP contribution in [0, 0.1) is 0 Å². The van der Waals surface area contributed by atoms with Crippen LogP contribution in [0.25, 0.3) is 0 Å². The van der Waals surface area contributed by atoms with Gasteiger partial charge < -0.3 is 9.80 Å². The fourth-order valence-electron chi connectivity index (χ4n) is 3.12. The van der Waals surface area contributed by atoms with Gasteiger partial charge in [-0.2, -0.15) is 0 Å². The van der Waals surface area contributed by atoms with Gasteiger partial charge in [-0.1, -0.05) is 6.92 Å². The van der Waals surface area contributed by atoms with E-state index in [1.54, 1.807) is 4.90 Å². The molecule has 0 bridgehead atoms. The van der Waals surface area contributed by atoms with Gasteiger partial charge in [-0.05, 0) is 49.9 Å². The van der Waals surface area contributed by atoms with Gasteiger partial charge >= 0.3 is 0 Å². The molecule has 1 aromatic carbocycles. The van der Waals surface area contributed by atoms with E-state index >= 15 is 0 Å². The van der Waals surface area contributed by atoms with Crippen LogP contribution >= 0.6 is 0 Å². The zero-order valence-corrected chi connectivity index (χ0v) is 16.0. The standard InChI is InChI=1S/C18H29N3O3S/c1-3-15-25(23,24)19-11-14-21(16(2)22)18-9-7-17(8-10-18)20-12-5-4-6-13-20/h7-10,19H,3-6,11-15H2,1-2H3. The molecular weight excluding hydrogens is 338 g/mol. The summed E-state index contributed by atoms with van der Waals surface area (Å²) in [6.45, 7) is 6.02. The minimum Gasteiger partial charge on any atom is -0.372 e. The van der Waals surface area contributed by atoms with Crippen molar-refractivity contribution >= 4 is 27.3 Å². The molecule has 0 saturated carbocycles. The van der Waals surface area contributed by atoms with Crippen molar-refractivity contribution in [2.45, 2.75) is 39.5 Å². The number of carbonyl (C=O) groups is 1. The van der Waals surface area contributed by atoms with Gasteiger partial charge in [0.2, 0.25) is 15.9 Å². The Morgan fingerprint density at radius 2 is 1.80 bits per heavy atom. The van der Waals surface area contributed by atoms with Crippen molar-refractivity contribution in [3.8, 4) is 0 Å². The predicted molar refractivity (Wildman–Crippen MR) is 103 cm³/mol. The number of amides is 1. The zero-order valence-electron chi connectivity index (χ0n) is 15.2. The Balaban J connectivity index is 1.98. The zero-order chi connectivity index (χ0) is 18.3. The number of anilines is 2. The summed E-state index contributed by atoms with van der Waals surface area (Å²) in [5, 5.41) is 0. The number of carbonyl (C=O) groups excluding carboxylic acids is 1. The molecule has 1 N–H and O–H groups in total. The first-order valence-corrected chi connectivity index (χ1v) is 10.7. The molecule has 0 aliphatic carbocycles. The highest BCUT2D eigenvalue weighted by molar-refractivity contribution is 7.89. The summed E-state index contributed by atoms with van der Waals surface area (Å²) >= 11 is 0. The summed E-state index contributed by atoms with van der Waals surface area (Å²) in [7, 11) is -3.25. The fourth-order valence-corrected chi connectivity index (χ4v) is 4.20. The van der Waals surface area contributed by atoms with Crippen molar-refractivity contribution in [3.05, 3.63) is 24.3 Å². The van der Waals surface area contributed by atoms with E-state index < -0.39 is 10.0 Å². The lowest BCUT2D eigenvalue weighted by molar-refractivity contribution is -0.116. The summed E-state index contributed by atoms with van der Waals surface area (Å²) in [6, 6.07) is 7.95. The van der Waals surface area contributed by atoms with Crippen LogP contribution in [-0.2, 0) is 14.8 Å². The summed E-state index contributed by atoms with van der Waals surface area (Å²) in [4.78, 5) is 15.9. The van der Waals surface area contributed by atoms with Crippen molar-refractivity contribution in [1.82, 2.24) is 4.72 Å². The average molecular weight is 368 g/mol. The van der Waals surface area contributed by atoms with Crippen LogP contribution in [0.4, 0.5) is 11.4 Å². The Morgan fingerprint density at radius 3 is 2.36 bits per heavy atom. The van der Waals surface area contributed by atoms with Crippen molar-refractivity contribution < 1.29 is 13.2 Å². The van der Waals surface area contributed by atoms with Crippen molar-refractivity contribution in [2.24, 2.45) is 0 Å². The predicted octanol–water partition coefficient (Wildman–Crippen LogP) is 2.36. The second kappa shape index (κ2) is 9.20. The van der Waals surface area contributed by atoms with Gasteiger partial charge in [0.25, 0.3) is 0 Å². The van der Waals surface area contributed by atoms with Crippen molar-refractivity contribution in [2.75, 3.05) is 41.7 Å². The van der Waals surface area contributed by atoms with E-state index in [1.165, 1.54) is 31.9 Å². The van der Waals surface area contributed by atoms with E-state index in [9.17, 15) is 13.2 Å². The largest absolute Gasteiger partial charge is 0.372 e. The number of nitrogens with zero attached hydrogens (tertiary/aromatic N) is 2. The third kappa shape index (κ3) is 6.01. The number of benzene rings is 1. The summed E-state index contributed by atoms with van der Waals surface area (Å²) in [5.41, 5.74) is 1.97. The van der Waals surface area contributed by atoms with Gasteiger partial charge in [0, 0.05) is 44.5 Å². The monoisotopic (exact) mass is 367 g/mol. The van der Waals surface area contributed by atoms with Crippen LogP contribution in [0.2, 0.25) is 0 Å². The molecule has 1 aliphatic rings. The second-order valence-corrected chi connectivity index (χ2v) is 8.37. The molecule has 7 heteroatoms. The lowest BCUT2D eigenvalue weighted by Gasteiger charge is -2.29. The maximum Gasteiger partial charge on any atom is 0.223 e. The first kappa shape index (κ1) is 19.7. The number of nitrogens with one attached hydrogen (secondary N) is 1. The van der Waals surface area contributed by atoms with Gasteiger partial charge in [-0.3, -0.25) is 4.79 Å². The Labute approximate surface area is 151 Å². The summed E-state index contributed by atoms with van der Waals surface area (Å²) in [5.74, 6) is 0.0119. The molecule has 1 aromatic rings. The second-order valence-electron chi connectivity index (χ2n) is 6.45. The molecule has 0 unspecified atom stereocenters. The normalized spacial score (nSPS) is 15.2. The molecule has 1 heterocycles. The maximum absolute atomic E-state index is 12.0. The van der Waals surface area contributed by atoms with Crippen molar-refractivity contribution in [3.63, 3.8) is 0 Å². The first-order chi connectivity index (χ1) is 11.9. The highest BCUT2D eigenvalue weighted by Gasteiger charge is 2.15. The van der Waals surface area contributed by atoms with Gasteiger partial charge in [-0.15, -0.1) is 0 Å². The van der Waals surface area contributed by atoms with Crippen LogP contribution in [0.1, 0.15) is 39.5 Å². The van der Waals surface area contributed by atoms with E-state index in [-0.39, 0.29) is 18.2 Å². The Bertz CT molecular complexity index is 653. The van der Waals surface area contributed by atoms with Gasteiger partial charge in [0.15, 0.2) is 0 Å². The van der Waals surface area contributed by atoms with Gasteiger partial charge in [0.05, 0.1) is 5.75 Å². The molecule has 6 nitrogen and oxygen atoms in total. The third-order valence-corrected chi connectivity index (χ3v) is 5.98. The number of sulfonamides is 1. The van der Waals surface area contributed by atoms with Crippen LogP contribution < -0.4 is 14.5 Å². The molecule has 1 amide bonds. The van der Waals surface area contributed by atoms with E-state index in [1.807, 2.05) is 31.2 Å². The minimum absolute atomic E-state index is 0.0968. The van der Waals surface area contributed by atoms with Crippen molar-refractivity contribution in [1.29, 1.82) is 0 Å². The molecule has 1 saturated heterocycles. The van der Waals surface area contributed by atoms with E-state index in [4.69, 9.17) is 0 Å². The van der Waals surface area contributed by atoms with Crippen LogP contribution in [0.15, 0.2) is 24.3 Å². The lowest BCUT2D eigenvalue weighted by Crippen LogP contribution is -2.38.